The van der Waals surface area contributed by atoms with E-state index in [1.54, 1.807) is 24.2 Å². The van der Waals surface area contributed by atoms with Crippen molar-refractivity contribution in [2.24, 2.45) is 0 Å². The predicted octanol–water partition coefficient (Wildman–Crippen LogP) is 3.29. The molecule has 0 aliphatic heterocycles. The average Bonchev–Trinajstić information content (AvgIpc) is 2.90. The molecular weight excluding hydrogens is 300 g/mol. The number of pyridine rings is 1. The van der Waals surface area contributed by atoms with E-state index in [-0.39, 0.29) is 0 Å². The number of fused-ring (bicyclic) bond motifs is 1. The van der Waals surface area contributed by atoms with Crippen molar-refractivity contribution < 1.29 is 4.74 Å². The van der Waals surface area contributed by atoms with Crippen LogP contribution in [0.25, 0.3) is 16.6 Å². The Morgan fingerprint density at radius 3 is 3.00 bits per heavy atom. The quantitative estimate of drug-likeness (QED) is 0.741. The molecule has 0 aliphatic carbocycles. The maximum atomic E-state index is 8.94. The fourth-order valence-corrected chi connectivity index (χ4v) is 2.60. The van der Waals surface area contributed by atoms with Crippen molar-refractivity contribution in [1.29, 1.82) is 5.26 Å². The number of benzene rings is 1. The lowest BCUT2D eigenvalue weighted by atomic mass is 10.1. The maximum absolute atomic E-state index is 8.94. The first kappa shape index (κ1) is 14.5. The first-order valence-electron chi connectivity index (χ1n) is 6.71. The molecule has 0 spiro atoms. The number of aromatic nitrogens is 3. The number of hydrogen-bond acceptors (Lipinski definition) is 4. The van der Waals surface area contributed by atoms with Crippen molar-refractivity contribution >= 4 is 22.5 Å². The van der Waals surface area contributed by atoms with Gasteiger partial charge in [-0.2, -0.15) is 10.4 Å². The van der Waals surface area contributed by atoms with Crippen LogP contribution in [-0.4, -0.2) is 21.9 Å². The monoisotopic (exact) mass is 312 g/mol. The van der Waals surface area contributed by atoms with E-state index in [1.807, 2.05) is 24.3 Å². The Bertz CT molecular complexity index is 866. The largest absolute Gasteiger partial charge is 0.378 e. The fourth-order valence-electron chi connectivity index (χ4n) is 2.43. The molecule has 22 heavy (non-hydrogen) atoms. The molecule has 0 atom stereocenters. The van der Waals surface area contributed by atoms with Crippen LogP contribution in [0.3, 0.4) is 0 Å². The van der Waals surface area contributed by atoms with Crippen molar-refractivity contribution in [1.82, 2.24) is 14.8 Å². The number of methoxy groups -OCH3 is 1. The zero-order chi connectivity index (χ0) is 15.5. The Balaban J connectivity index is 2.21. The summed E-state index contributed by atoms with van der Waals surface area (Å²) in [6.07, 6.45) is 3.73. The SMILES string of the molecule is COCc1c(CC#N)cnn1-c1ccnc2cc(Cl)ccc12. The highest BCUT2D eigenvalue weighted by Crippen LogP contribution is 2.25. The van der Waals surface area contributed by atoms with Gasteiger partial charge in [0.25, 0.3) is 0 Å². The summed E-state index contributed by atoms with van der Waals surface area (Å²) in [5.74, 6) is 0. The molecule has 110 valence electrons. The second kappa shape index (κ2) is 6.14. The summed E-state index contributed by atoms with van der Waals surface area (Å²) >= 11 is 6.02. The van der Waals surface area contributed by atoms with E-state index in [9.17, 15) is 0 Å². The minimum absolute atomic E-state index is 0.299. The molecule has 2 aromatic heterocycles. The maximum Gasteiger partial charge on any atom is 0.0888 e. The van der Waals surface area contributed by atoms with Crippen LogP contribution in [0.4, 0.5) is 0 Å². The lowest BCUT2D eigenvalue weighted by molar-refractivity contribution is 0.178. The molecule has 3 aromatic rings. The van der Waals surface area contributed by atoms with E-state index < -0.39 is 0 Å². The van der Waals surface area contributed by atoms with Crippen molar-refractivity contribution in [2.75, 3.05) is 7.11 Å². The number of ether oxygens (including phenoxy) is 1. The molecule has 0 aliphatic rings. The van der Waals surface area contributed by atoms with Crippen LogP contribution in [0.5, 0.6) is 0 Å². The summed E-state index contributed by atoms with van der Waals surface area (Å²) in [5, 5.41) is 14.9. The second-order valence-corrected chi connectivity index (χ2v) is 5.22. The number of halogens is 1. The van der Waals surface area contributed by atoms with Crippen LogP contribution in [-0.2, 0) is 17.8 Å². The molecule has 6 heteroatoms. The molecule has 3 rings (SSSR count). The molecule has 0 saturated heterocycles. The molecule has 1 aromatic carbocycles. The van der Waals surface area contributed by atoms with Gasteiger partial charge in [-0.05, 0) is 24.3 Å². The molecule has 0 N–H and O–H groups in total. The van der Waals surface area contributed by atoms with Crippen molar-refractivity contribution in [3.05, 3.63) is 52.9 Å². The standard InChI is InChI=1S/C16H13ClN4O/c1-22-10-16-11(4-6-18)9-20-21(16)15-5-7-19-14-8-12(17)2-3-13(14)15/h2-3,5,7-9H,4,10H2,1H3. The normalized spacial score (nSPS) is 10.8. The topological polar surface area (TPSA) is 63.7 Å². The molecule has 2 heterocycles. The van der Waals surface area contributed by atoms with Gasteiger partial charge in [-0.25, -0.2) is 4.68 Å². The van der Waals surface area contributed by atoms with Crippen molar-refractivity contribution in [3.63, 3.8) is 0 Å². The smallest absolute Gasteiger partial charge is 0.0888 e. The van der Waals surface area contributed by atoms with E-state index >= 15 is 0 Å². The summed E-state index contributed by atoms with van der Waals surface area (Å²) in [4.78, 5) is 4.34. The van der Waals surface area contributed by atoms with Crippen LogP contribution >= 0.6 is 11.6 Å². The van der Waals surface area contributed by atoms with Crippen LogP contribution in [0, 0.1) is 11.3 Å². The van der Waals surface area contributed by atoms with Gasteiger partial charge >= 0.3 is 0 Å². The highest BCUT2D eigenvalue weighted by atomic mass is 35.5. The molecule has 5 nitrogen and oxygen atoms in total. The molecular formula is C16H13ClN4O. The van der Waals surface area contributed by atoms with Crippen LogP contribution in [0.1, 0.15) is 11.3 Å². The third-order valence-corrected chi connectivity index (χ3v) is 3.65. The van der Waals surface area contributed by atoms with Crippen LogP contribution < -0.4 is 0 Å². The first-order chi connectivity index (χ1) is 10.7. The number of nitrogens with zero attached hydrogens (tertiary/aromatic N) is 4. The minimum atomic E-state index is 0.299. The average molecular weight is 313 g/mol. The summed E-state index contributed by atoms with van der Waals surface area (Å²) in [5.41, 5.74) is 3.42. The van der Waals surface area contributed by atoms with E-state index in [4.69, 9.17) is 21.6 Å². The molecule has 0 unspecified atom stereocenters. The van der Waals surface area contributed by atoms with E-state index in [2.05, 4.69) is 16.2 Å². The lowest BCUT2D eigenvalue weighted by Crippen LogP contribution is -2.06. The van der Waals surface area contributed by atoms with Crippen LogP contribution in [0.15, 0.2) is 36.7 Å². The van der Waals surface area contributed by atoms with Gasteiger partial charge in [0.2, 0.25) is 0 Å². The van der Waals surface area contributed by atoms with E-state index in [0.717, 1.165) is 27.8 Å². The molecule has 0 fully saturated rings. The van der Waals surface area contributed by atoms with Gasteiger partial charge in [-0.3, -0.25) is 4.98 Å². The third-order valence-electron chi connectivity index (χ3n) is 3.42. The zero-order valence-electron chi connectivity index (χ0n) is 12.0. The molecule has 0 bridgehead atoms. The number of rotatable bonds is 4. The number of hydrogen-bond donors (Lipinski definition) is 0. The van der Waals surface area contributed by atoms with Crippen molar-refractivity contribution in [2.45, 2.75) is 13.0 Å². The first-order valence-corrected chi connectivity index (χ1v) is 7.08. The number of nitriles is 1. The molecule has 0 radical (unpaired) electrons. The van der Waals surface area contributed by atoms with Gasteiger partial charge in [-0.15, -0.1) is 0 Å². The van der Waals surface area contributed by atoms with E-state index in [0.29, 0.717) is 18.1 Å². The second-order valence-electron chi connectivity index (χ2n) is 4.79. The third kappa shape index (κ3) is 2.54. The summed E-state index contributed by atoms with van der Waals surface area (Å²) < 4.78 is 7.06. The highest BCUT2D eigenvalue weighted by Gasteiger charge is 2.14. The Kier molecular flexibility index (Phi) is 4.05. The highest BCUT2D eigenvalue weighted by molar-refractivity contribution is 6.31. The van der Waals surface area contributed by atoms with Gasteiger partial charge < -0.3 is 4.74 Å². The van der Waals surface area contributed by atoms with Gasteiger partial charge in [0, 0.05) is 29.3 Å². The fraction of sp³-hybridized carbons (Fsp3) is 0.188. The summed E-state index contributed by atoms with van der Waals surface area (Å²) in [7, 11) is 1.62. The Labute approximate surface area is 132 Å². The van der Waals surface area contributed by atoms with E-state index in [1.165, 1.54) is 0 Å². The summed E-state index contributed by atoms with van der Waals surface area (Å²) in [6, 6.07) is 9.60. The van der Waals surface area contributed by atoms with Crippen LogP contribution in [0.2, 0.25) is 5.02 Å². The van der Waals surface area contributed by atoms with Gasteiger partial charge in [0.05, 0.1) is 42.2 Å². The minimum Gasteiger partial charge on any atom is -0.378 e. The summed E-state index contributed by atoms with van der Waals surface area (Å²) in [6.45, 7) is 0.383. The molecule has 0 amide bonds. The zero-order valence-corrected chi connectivity index (χ0v) is 12.7. The Hall–Kier alpha value is -2.42. The predicted molar refractivity (Wildman–Crippen MR) is 83.9 cm³/mol. The Morgan fingerprint density at radius 2 is 2.23 bits per heavy atom. The lowest BCUT2D eigenvalue weighted by Gasteiger charge is -2.11. The van der Waals surface area contributed by atoms with Gasteiger partial charge in [0.1, 0.15) is 0 Å². The Morgan fingerprint density at radius 1 is 1.36 bits per heavy atom. The van der Waals surface area contributed by atoms with Crippen molar-refractivity contribution in [3.8, 4) is 11.8 Å². The molecule has 0 saturated carbocycles. The van der Waals surface area contributed by atoms with Gasteiger partial charge in [-0.1, -0.05) is 11.6 Å². The van der Waals surface area contributed by atoms with Gasteiger partial charge in [0.15, 0.2) is 0 Å².